The molecule has 0 unspecified atom stereocenters. The van der Waals surface area contributed by atoms with Gasteiger partial charge in [-0.25, -0.2) is 0 Å². The maximum absolute atomic E-state index is 12.5. The zero-order valence-corrected chi connectivity index (χ0v) is 15.6. The van der Waals surface area contributed by atoms with Crippen molar-refractivity contribution >= 4 is 5.91 Å². The monoisotopic (exact) mass is 378 g/mol. The van der Waals surface area contributed by atoms with E-state index in [2.05, 4.69) is 10.6 Å². The number of carbonyl (C=O) groups excluding carboxylic acids is 1. The second-order valence-corrected chi connectivity index (χ2v) is 6.64. The third-order valence-electron chi connectivity index (χ3n) is 4.70. The van der Waals surface area contributed by atoms with Gasteiger partial charge in [-0.15, -0.1) is 0 Å². The van der Waals surface area contributed by atoms with Crippen LogP contribution >= 0.6 is 0 Å². The SMILES string of the molecule is C[C@@H](NC(=O)CN[C@H](c1ccccc1)c1ccco1)c1ccc2c(c1)OCO2. The van der Waals surface area contributed by atoms with E-state index in [1.807, 2.05) is 67.6 Å². The first-order valence-electron chi connectivity index (χ1n) is 9.21. The molecule has 28 heavy (non-hydrogen) atoms. The number of rotatable bonds is 7. The van der Waals surface area contributed by atoms with Gasteiger partial charge in [-0.3, -0.25) is 10.1 Å². The smallest absolute Gasteiger partial charge is 0.234 e. The fourth-order valence-electron chi connectivity index (χ4n) is 3.24. The first-order chi connectivity index (χ1) is 13.7. The lowest BCUT2D eigenvalue weighted by Gasteiger charge is -2.19. The Labute approximate surface area is 163 Å². The van der Waals surface area contributed by atoms with Crippen LogP contribution in [0.2, 0.25) is 0 Å². The molecule has 0 aliphatic carbocycles. The zero-order chi connectivity index (χ0) is 19.3. The predicted molar refractivity (Wildman–Crippen MR) is 104 cm³/mol. The summed E-state index contributed by atoms with van der Waals surface area (Å²) in [7, 11) is 0. The highest BCUT2D eigenvalue weighted by molar-refractivity contribution is 5.78. The fourth-order valence-corrected chi connectivity index (χ4v) is 3.24. The van der Waals surface area contributed by atoms with Gasteiger partial charge < -0.3 is 19.2 Å². The Bertz CT molecular complexity index is 925. The van der Waals surface area contributed by atoms with Crippen molar-refractivity contribution in [3.05, 3.63) is 83.8 Å². The van der Waals surface area contributed by atoms with Crippen LogP contribution < -0.4 is 20.1 Å². The first-order valence-corrected chi connectivity index (χ1v) is 9.21. The molecule has 2 heterocycles. The van der Waals surface area contributed by atoms with E-state index in [1.54, 1.807) is 6.26 Å². The van der Waals surface area contributed by atoms with Crippen LogP contribution in [0.4, 0.5) is 0 Å². The van der Waals surface area contributed by atoms with Gasteiger partial charge in [-0.05, 0) is 42.3 Å². The van der Waals surface area contributed by atoms with Crippen molar-refractivity contribution in [3.63, 3.8) is 0 Å². The van der Waals surface area contributed by atoms with Gasteiger partial charge in [-0.2, -0.15) is 0 Å². The highest BCUT2D eigenvalue weighted by Gasteiger charge is 2.19. The minimum Gasteiger partial charge on any atom is -0.467 e. The Morgan fingerprint density at radius 3 is 2.61 bits per heavy atom. The van der Waals surface area contributed by atoms with Crippen LogP contribution in [0.25, 0.3) is 0 Å². The zero-order valence-electron chi connectivity index (χ0n) is 15.6. The molecule has 0 saturated heterocycles. The average Bonchev–Trinajstić information content (AvgIpc) is 3.40. The molecule has 0 bridgehead atoms. The Morgan fingerprint density at radius 1 is 1.00 bits per heavy atom. The van der Waals surface area contributed by atoms with Gasteiger partial charge in [0.2, 0.25) is 12.7 Å². The topological polar surface area (TPSA) is 72.7 Å². The van der Waals surface area contributed by atoms with Crippen LogP contribution in [0.3, 0.4) is 0 Å². The molecule has 2 aromatic carbocycles. The molecular formula is C22H22N2O4. The normalized spacial score (nSPS) is 14.5. The summed E-state index contributed by atoms with van der Waals surface area (Å²) in [6.45, 7) is 2.34. The fraction of sp³-hybridized carbons (Fsp3) is 0.227. The van der Waals surface area contributed by atoms with Crippen LogP contribution in [-0.4, -0.2) is 19.2 Å². The predicted octanol–water partition coefficient (Wildman–Crippen LogP) is 3.56. The number of hydrogen-bond donors (Lipinski definition) is 2. The Hall–Kier alpha value is -3.25. The summed E-state index contributed by atoms with van der Waals surface area (Å²) in [6, 6.07) is 19.0. The molecule has 1 aliphatic heterocycles. The van der Waals surface area contributed by atoms with Crippen molar-refractivity contribution in [1.82, 2.24) is 10.6 Å². The molecule has 6 nitrogen and oxygen atoms in total. The van der Waals surface area contributed by atoms with Gasteiger partial charge in [0, 0.05) is 0 Å². The van der Waals surface area contributed by atoms with Crippen molar-refractivity contribution < 1.29 is 18.7 Å². The Morgan fingerprint density at radius 2 is 1.82 bits per heavy atom. The molecule has 0 spiro atoms. The number of benzene rings is 2. The van der Waals surface area contributed by atoms with Gasteiger partial charge in [0.1, 0.15) is 5.76 Å². The van der Waals surface area contributed by atoms with Crippen molar-refractivity contribution in [2.75, 3.05) is 13.3 Å². The number of fused-ring (bicyclic) bond motifs is 1. The molecule has 4 rings (SSSR count). The average molecular weight is 378 g/mol. The molecule has 1 aliphatic rings. The molecule has 2 N–H and O–H groups in total. The van der Waals surface area contributed by atoms with Crippen LogP contribution in [0.1, 0.15) is 35.9 Å². The third kappa shape index (κ3) is 4.02. The minimum atomic E-state index is -0.192. The summed E-state index contributed by atoms with van der Waals surface area (Å²) < 4.78 is 16.3. The number of nitrogens with one attached hydrogen (secondary N) is 2. The van der Waals surface area contributed by atoms with Crippen LogP contribution in [-0.2, 0) is 4.79 Å². The summed E-state index contributed by atoms with van der Waals surface area (Å²) in [4.78, 5) is 12.5. The molecule has 1 amide bonds. The Kier molecular flexibility index (Phi) is 5.30. The molecule has 6 heteroatoms. The molecule has 0 fully saturated rings. The summed E-state index contributed by atoms with van der Waals surface area (Å²) in [5, 5.41) is 6.30. The quantitative estimate of drug-likeness (QED) is 0.658. The van der Waals surface area contributed by atoms with Crippen molar-refractivity contribution in [2.24, 2.45) is 0 Å². The summed E-state index contributed by atoms with van der Waals surface area (Å²) in [6.07, 6.45) is 1.63. The van der Waals surface area contributed by atoms with E-state index in [4.69, 9.17) is 13.9 Å². The number of furan rings is 1. The summed E-state index contributed by atoms with van der Waals surface area (Å²) >= 11 is 0. The second-order valence-electron chi connectivity index (χ2n) is 6.64. The Balaban J connectivity index is 1.38. The number of amides is 1. The van der Waals surface area contributed by atoms with E-state index in [-0.39, 0.29) is 31.3 Å². The number of carbonyl (C=O) groups is 1. The summed E-state index contributed by atoms with van der Waals surface area (Å²) in [5.41, 5.74) is 2.00. The molecule has 144 valence electrons. The van der Waals surface area contributed by atoms with E-state index < -0.39 is 0 Å². The largest absolute Gasteiger partial charge is 0.467 e. The molecule has 1 aromatic heterocycles. The number of ether oxygens (including phenoxy) is 2. The van der Waals surface area contributed by atoms with Gasteiger partial charge in [-0.1, -0.05) is 36.4 Å². The molecule has 3 aromatic rings. The van der Waals surface area contributed by atoms with E-state index in [9.17, 15) is 4.79 Å². The molecule has 0 saturated carbocycles. The standard InChI is InChI=1S/C22H22N2O4/c1-15(17-9-10-18-20(12-17)28-14-27-18)24-21(25)13-23-22(19-8-5-11-26-19)16-6-3-2-4-7-16/h2-12,15,22-23H,13-14H2,1H3,(H,24,25)/t15-,22-/m1/s1. The molecule has 2 atom stereocenters. The molecular weight excluding hydrogens is 356 g/mol. The maximum atomic E-state index is 12.5. The van der Waals surface area contributed by atoms with E-state index in [0.29, 0.717) is 5.75 Å². The number of hydrogen-bond acceptors (Lipinski definition) is 5. The highest BCUT2D eigenvalue weighted by atomic mass is 16.7. The van der Waals surface area contributed by atoms with Crippen molar-refractivity contribution in [1.29, 1.82) is 0 Å². The van der Waals surface area contributed by atoms with Gasteiger partial charge >= 0.3 is 0 Å². The second kappa shape index (κ2) is 8.19. The van der Waals surface area contributed by atoms with Gasteiger partial charge in [0.05, 0.1) is 24.9 Å². The van der Waals surface area contributed by atoms with Gasteiger partial charge in [0.25, 0.3) is 0 Å². The summed E-state index contributed by atoms with van der Waals surface area (Å²) in [5.74, 6) is 2.10. The highest BCUT2D eigenvalue weighted by Crippen LogP contribution is 2.34. The molecule has 0 radical (unpaired) electrons. The lowest BCUT2D eigenvalue weighted by Crippen LogP contribution is -2.37. The van der Waals surface area contributed by atoms with Crippen LogP contribution in [0, 0.1) is 0 Å². The van der Waals surface area contributed by atoms with Gasteiger partial charge in [0.15, 0.2) is 11.5 Å². The third-order valence-corrected chi connectivity index (χ3v) is 4.70. The van der Waals surface area contributed by atoms with E-state index in [0.717, 1.165) is 22.6 Å². The van der Waals surface area contributed by atoms with E-state index in [1.165, 1.54) is 0 Å². The van der Waals surface area contributed by atoms with Crippen molar-refractivity contribution in [2.45, 2.75) is 19.0 Å². The lowest BCUT2D eigenvalue weighted by atomic mass is 10.0. The lowest BCUT2D eigenvalue weighted by molar-refractivity contribution is -0.121. The minimum absolute atomic E-state index is 0.0994. The van der Waals surface area contributed by atoms with Crippen molar-refractivity contribution in [3.8, 4) is 11.5 Å². The van der Waals surface area contributed by atoms with E-state index >= 15 is 0 Å². The van der Waals surface area contributed by atoms with Crippen LogP contribution in [0.5, 0.6) is 11.5 Å². The van der Waals surface area contributed by atoms with Crippen LogP contribution in [0.15, 0.2) is 71.3 Å². The first kappa shape index (κ1) is 18.1. The maximum Gasteiger partial charge on any atom is 0.234 e.